The lowest BCUT2D eigenvalue weighted by Gasteiger charge is -2.36. The second-order valence-corrected chi connectivity index (χ2v) is 6.27. The molecule has 1 aliphatic rings. The molecule has 1 saturated heterocycles. The van der Waals surface area contributed by atoms with Gasteiger partial charge in [-0.3, -0.25) is 0 Å². The van der Waals surface area contributed by atoms with Crippen LogP contribution in [-0.4, -0.2) is 44.2 Å². The number of amides is 2. The second-order valence-electron chi connectivity index (χ2n) is 6.27. The van der Waals surface area contributed by atoms with Gasteiger partial charge in [0.1, 0.15) is 5.75 Å². The number of rotatable bonds is 4. The first-order valence-electron chi connectivity index (χ1n) is 8.63. The molecule has 25 heavy (non-hydrogen) atoms. The predicted molar refractivity (Wildman–Crippen MR) is 100 cm³/mol. The van der Waals surface area contributed by atoms with Crippen molar-refractivity contribution in [2.24, 2.45) is 0 Å². The van der Waals surface area contributed by atoms with Gasteiger partial charge in [0, 0.05) is 38.4 Å². The fourth-order valence-electron chi connectivity index (χ4n) is 3.10. The zero-order chi connectivity index (χ0) is 17.6. The van der Waals surface area contributed by atoms with Gasteiger partial charge in [-0.05, 0) is 36.2 Å². The maximum Gasteiger partial charge on any atom is 0.317 e. The monoisotopic (exact) mass is 339 g/mol. The van der Waals surface area contributed by atoms with E-state index in [-0.39, 0.29) is 6.03 Å². The lowest BCUT2D eigenvalue weighted by atomic mass is 10.1. The van der Waals surface area contributed by atoms with Crippen LogP contribution in [0.2, 0.25) is 0 Å². The van der Waals surface area contributed by atoms with E-state index < -0.39 is 0 Å². The van der Waals surface area contributed by atoms with E-state index in [1.165, 1.54) is 11.3 Å². The third-order valence-corrected chi connectivity index (χ3v) is 4.63. The number of hydrogen-bond acceptors (Lipinski definition) is 3. The first kappa shape index (κ1) is 17.1. The molecule has 5 heteroatoms. The summed E-state index contributed by atoms with van der Waals surface area (Å²) in [5.41, 5.74) is 3.60. The lowest BCUT2D eigenvalue weighted by Crippen LogP contribution is -2.51. The van der Waals surface area contributed by atoms with Crippen molar-refractivity contribution in [3.63, 3.8) is 0 Å². The van der Waals surface area contributed by atoms with Gasteiger partial charge in [0.05, 0.1) is 7.11 Å². The van der Waals surface area contributed by atoms with E-state index in [4.69, 9.17) is 4.74 Å². The summed E-state index contributed by atoms with van der Waals surface area (Å²) >= 11 is 0. The first-order chi connectivity index (χ1) is 12.2. The van der Waals surface area contributed by atoms with Crippen molar-refractivity contribution in [1.82, 2.24) is 10.2 Å². The number of para-hydroxylation sites is 1. The number of benzene rings is 2. The molecule has 3 rings (SSSR count). The molecule has 1 heterocycles. The molecule has 1 N–H and O–H groups in total. The number of nitrogens with zero attached hydrogens (tertiary/aromatic N) is 2. The highest BCUT2D eigenvalue weighted by Crippen LogP contribution is 2.20. The van der Waals surface area contributed by atoms with Crippen molar-refractivity contribution >= 4 is 11.7 Å². The number of anilines is 1. The van der Waals surface area contributed by atoms with E-state index >= 15 is 0 Å². The van der Waals surface area contributed by atoms with Crippen LogP contribution in [0, 0.1) is 6.92 Å². The normalized spacial score (nSPS) is 14.3. The largest absolute Gasteiger partial charge is 0.497 e. The molecule has 0 spiro atoms. The van der Waals surface area contributed by atoms with Crippen LogP contribution in [0.1, 0.15) is 11.1 Å². The molecule has 132 valence electrons. The maximum atomic E-state index is 12.4. The second kappa shape index (κ2) is 7.92. The lowest BCUT2D eigenvalue weighted by molar-refractivity contribution is 0.194. The Bertz CT molecular complexity index is 707. The summed E-state index contributed by atoms with van der Waals surface area (Å²) in [6.07, 6.45) is 0. The van der Waals surface area contributed by atoms with E-state index in [0.29, 0.717) is 6.54 Å². The Morgan fingerprint density at radius 2 is 1.72 bits per heavy atom. The molecule has 5 nitrogen and oxygen atoms in total. The maximum absolute atomic E-state index is 12.4. The van der Waals surface area contributed by atoms with Gasteiger partial charge < -0.3 is 19.9 Å². The molecule has 1 aliphatic heterocycles. The number of hydrogen-bond donors (Lipinski definition) is 1. The average molecular weight is 339 g/mol. The summed E-state index contributed by atoms with van der Waals surface area (Å²) in [6.45, 7) is 5.86. The minimum atomic E-state index is 0.000233. The van der Waals surface area contributed by atoms with E-state index in [2.05, 4.69) is 41.4 Å². The van der Waals surface area contributed by atoms with Gasteiger partial charge in [-0.1, -0.05) is 30.3 Å². The van der Waals surface area contributed by atoms with Crippen LogP contribution in [0.5, 0.6) is 5.75 Å². The molecule has 0 saturated carbocycles. The number of carbonyl (C=O) groups is 1. The highest BCUT2D eigenvalue weighted by Gasteiger charge is 2.21. The zero-order valence-corrected chi connectivity index (χ0v) is 14.9. The number of nitrogens with one attached hydrogen (secondary N) is 1. The van der Waals surface area contributed by atoms with Gasteiger partial charge in [-0.25, -0.2) is 4.79 Å². The minimum Gasteiger partial charge on any atom is -0.497 e. The van der Waals surface area contributed by atoms with Crippen molar-refractivity contribution < 1.29 is 9.53 Å². The van der Waals surface area contributed by atoms with Crippen LogP contribution in [-0.2, 0) is 6.54 Å². The van der Waals surface area contributed by atoms with E-state index in [9.17, 15) is 4.79 Å². The van der Waals surface area contributed by atoms with Crippen molar-refractivity contribution in [3.8, 4) is 5.75 Å². The third kappa shape index (κ3) is 4.24. The third-order valence-electron chi connectivity index (χ3n) is 4.63. The summed E-state index contributed by atoms with van der Waals surface area (Å²) in [7, 11) is 1.65. The van der Waals surface area contributed by atoms with Crippen molar-refractivity contribution in [3.05, 3.63) is 59.7 Å². The van der Waals surface area contributed by atoms with Crippen LogP contribution >= 0.6 is 0 Å². The van der Waals surface area contributed by atoms with Crippen LogP contribution in [0.3, 0.4) is 0 Å². The fraction of sp³-hybridized carbons (Fsp3) is 0.350. The highest BCUT2D eigenvalue weighted by molar-refractivity contribution is 5.74. The number of urea groups is 1. The Morgan fingerprint density at radius 1 is 1.04 bits per heavy atom. The Hall–Kier alpha value is -2.69. The Balaban J connectivity index is 1.49. The molecule has 2 aromatic rings. The Morgan fingerprint density at radius 3 is 2.36 bits per heavy atom. The fourth-order valence-corrected chi connectivity index (χ4v) is 3.10. The Kier molecular flexibility index (Phi) is 5.43. The van der Waals surface area contributed by atoms with Crippen LogP contribution < -0.4 is 15.0 Å². The van der Waals surface area contributed by atoms with Gasteiger partial charge in [-0.2, -0.15) is 0 Å². The van der Waals surface area contributed by atoms with Crippen LogP contribution in [0.25, 0.3) is 0 Å². The number of methoxy groups -OCH3 is 1. The molecule has 2 amide bonds. The molecule has 0 aliphatic carbocycles. The summed E-state index contributed by atoms with van der Waals surface area (Å²) in [4.78, 5) is 16.6. The predicted octanol–water partition coefficient (Wildman–Crippen LogP) is 3.04. The smallest absolute Gasteiger partial charge is 0.317 e. The van der Waals surface area contributed by atoms with Crippen LogP contribution in [0.15, 0.2) is 48.5 Å². The standard InChI is InChI=1S/C20H25N3O2/c1-16-5-3-4-6-19(16)22-11-13-23(14-12-22)20(24)21-15-17-7-9-18(25-2)10-8-17/h3-10H,11-15H2,1-2H3,(H,21,24). The molecule has 0 aromatic heterocycles. The number of aryl methyl sites for hydroxylation is 1. The van der Waals surface area contributed by atoms with Gasteiger partial charge in [0.15, 0.2) is 0 Å². The number of carbonyl (C=O) groups excluding carboxylic acids is 1. The van der Waals surface area contributed by atoms with E-state index in [1.807, 2.05) is 29.2 Å². The topological polar surface area (TPSA) is 44.8 Å². The quantitative estimate of drug-likeness (QED) is 0.931. The molecule has 0 atom stereocenters. The minimum absolute atomic E-state index is 0.000233. The summed E-state index contributed by atoms with van der Waals surface area (Å²) in [5.74, 6) is 0.822. The van der Waals surface area contributed by atoms with E-state index in [1.54, 1.807) is 7.11 Å². The van der Waals surface area contributed by atoms with Crippen LogP contribution in [0.4, 0.5) is 10.5 Å². The van der Waals surface area contributed by atoms with E-state index in [0.717, 1.165) is 37.5 Å². The number of ether oxygens (including phenoxy) is 1. The molecular formula is C20H25N3O2. The Labute approximate surface area is 149 Å². The zero-order valence-electron chi connectivity index (χ0n) is 14.9. The molecule has 1 fully saturated rings. The first-order valence-corrected chi connectivity index (χ1v) is 8.63. The summed E-state index contributed by atoms with van der Waals surface area (Å²) in [6, 6.07) is 16.1. The van der Waals surface area contributed by atoms with Gasteiger partial charge in [0.2, 0.25) is 0 Å². The summed E-state index contributed by atoms with van der Waals surface area (Å²) < 4.78 is 5.14. The molecular weight excluding hydrogens is 314 g/mol. The van der Waals surface area contributed by atoms with Gasteiger partial charge in [-0.15, -0.1) is 0 Å². The average Bonchev–Trinajstić information content (AvgIpc) is 2.67. The number of piperazine rings is 1. The molecule has 0 radical (unpaired) electrons. The molecule has 0 bridgehead atoms. The summed E-state index contributed by atoms with van der Waals surface area (Å²) in [5, 5.41) is 3.00. The van der Waals surface area contributed by atoms with Crippen molar-refractivity contribution in [2.45, 2.75) is 13.5 Å². The molecule has 0 unspecified atom stereocenters. The van der Waals surface area contributed by atoms with Gasteiger partial charge >= 0.3 is 6.03 Å². The van der Waals surface area contributed by atoms with Crippen molar-refractivity contribution in [2.75, 3.05) is 38.2 Å². The SMILES string of the molecule is COc1ccc(CNC(=O)N2CCN(c3ccccc3C)CC2)cc1. The van der Waals surface area contributed by atoms with Crippen molar-refractivity contribution in [1.29, 1.82) is 0 Å². The highest BCUT2D eigenvalue weighted by atomic mass is 16.5. The van der Waals surface area contributed by atoms with Gasteiger partial charge in [0.25, 0.3) is 0 Å². The molecule has 2 aromatic carbocycles.